The summed E-state index contributed by atoms with van der Waals surface area (Å²) in [6.07, 6.45) is 0. The lowest BCUT2D eigenvalue weighted by atomic mass is 10.7. The SMILES string of the molecule is CNC(=S)NCCOC. The van der Waals surface area contributed by atoms with Crippen molar-refractivity contribution in [3.63, 3.8) is 0 Å². The number of hydrogen-bond donors (Lipinski definition) is 2. The molecule has 0 amide bonds. The van der Waals surface area contributed by atoms with Crippen molar-refractivity contribution in [3.05, 3.63) is 0 Å². The molecule has 0 aliphatic carbocycles. The molecule has 0 spiro atoms. The predicted molar refractivity (Wildman–Crippen MR) is 41.5 cm³/mol. The Balaban J connectivity index is 2.97. The molecule has 4 heteroatoms. The van der Waals surface area contributed by atoms with Gasteiger partial charge in [-0.25, -0.2) is 0 Å². The van der Waals surface area contributed by atoms with Gasteiger partial charge in [0.15, 0.2) is 5.11 Å². The van der Waals surface area contributed by atoms with E-state index in [4.69, 9.17) is 17.0 Å². The van der Waals surface area contributed by atoms with Crippen molar-refractivity contribution in [1.29, 1.82) is 0 Å². The molecule has 3 nitrogen and oxygen atoms in total. The Labute approximate surface area is 60.8 Å². The fourth-order valence-electron chi connectivity index (χ4n) is 0.355. The molecule has 0 saturated carbocycles. The minimum Gasteiger partial charge on any atom is -0.383 e. The van der Waals surface area contributed by atoms with Gasteiger partial charge in [-0.1, -0.05) is 0 Å². The van der Waals surface area contributed by atoms with E-state index in [1.165, 1.54) is 0 Å². The molecule has 0 aromatic rings. The van der Waals surface area contributed by atoms with Gasteiger partial charge in [0.1, 0.15) is 0 Å². The molecule has 0 saturated heterocycles. The van der Waals surface area contributed by atoms with Crippen LogP contribution in [-0.4, -0.2) is 32.4 Å². The summed E-state index contributed by atoms with van der Waals surface area (Å²) >= 11 is 4.79. The van der Waals surface area contributed by atoms with Crippen LogP contribution in [0.5, 0.6) is 0 Å². The highest BCUT2D eigenvalue weighted by molar-refractivity contribution is 7.80. The Morgan fingerprint density at radius 2 is 2.33 bits per heavy atom. The van der Waals surface area contributed by atoms with Crippen molar-refractivity contribution in [2.75, 3.05) is 27.3 Å². The van der Waals surface area contributed by atoms with Crippen molar-refractivity contribution in [3.8, 4) is 0 Å². The summed E-state index contributed by atoms with van der Waals surface area (Å²) in [4.78, 5) is 0. The lowest BCUT2D eigenvalue weighted by Crippen LogP contribution is -2.34. The monoisotopic (exact) mass is 148 g/mol. The van der Waals surface area contributed by atoms with Gasteiger partial charge in [0.05, 0.1) is 6.61 Å². The maximum atomic E-state index is 4.79. The molecule has 0 aromatic heterocycles. The first-order valence-corrected chi connectivity index (χ1v) is 3.16. The summed E-state index contributed by atoms with van der Waals surface area (Å²) in [7, 11) is 3.44. The van der Waals surface area contributed by atoms with Crippen LogP contribution in [0.25, 0.3) is 0 Å². The number of thiocarbonyl (C=S) groups is 1. The van der Waals surface area contributed by atoms with E-state index in [-0.39, 0.29) is 0 Å². The molecule has 0 aliphatic heterocycles. The number of methoxy groups -OCH3 is 1. The number of hydrogen-bond acceptors (Lipinski definition) is 2. The Morgan fingerprint density at radius 1 is 1.67 bits per heavy atom. The maximum Gasteiger partial charge on any atom is 0.166 e. The zero-order chi connectivity index (χ0) is 7.11. The zero-order valence-corrected chi connectivity index (χ0v) is 6.55. The number of rotatable bonds is 3. The van der Waals surface area contributed by atoms with E-state index >= 15 is 0 Å². The molecule has 0 fully saturated rings. The summed E-state index contributed by atoms with van der Waals surface area (Å²) in [5, 5.41) is 6.38. The first kappa shape index (κ1) is 8.65. The van der Waals surface area contributed by atoms with Gasteiger partial charge >= 0.3 is 0 Å². The quantitative estimate of drug-likeness (QED) is 0.426. The summed E-state index contributed by atoms with van der Waals surface area (Å²) in [6, 6.07) is 0. The van der Waals surface area contributed by atoms with Gasteiger partial charge in [0.2, 0.25) is 0 Å². The second-order valence-corrected chi connectivity index (χ2v) is 1.91. The smallest absolute Gasteiger partial charge is 0.166 e. The topological polar surface area (TPSA) is 33.3 Å². The van der Waals surface area contributed by atoms with E-state index in [2.05, 4.69) is 10.6 Å². The van der Waals surface area contributed by atoms with Crippen LogP contribution < -0.4 is 10.6 Å². The minimum absolute atomic E-state index is 0.659. The molecule has 9 heavy (non-hydrogen) atoms. The third-order valence-electron chi connectivity index (χ3n) is 0.819. The van der Waals surface area contributed by atoms with E-state index in [0.29, 0.717) is 11.7 Å². The number of ether oxygens (including phenoxy) is 1. The van der Waals surface area contributed by atoms with Gasteiger partial charge < -0.3 is 15.4 Å². The zero-order valence-electron chi connectivity index (χ0n) is 5.73. The first-order chi connectivity index (χ1) is 4.31. The lowest BCUT2D eigenvalue weighted by molar-refractivity contribution is 0.204. The fraction of sp³-hybridized carbons (Fsp3) is 0.800. The van der Waals surface area contributed by atoms with Crippen molar-refractivity contribution < 1.29 is 4.74 Å². The molecule has 0 aliphatic rings. The van der Waals surface area contributed by atoms with Gasteiger partial charge in [0, 0.05) is 20.7 Å². The third-order valence-corrected chi connectivity index (χ3v) is 1.17. The summed E-state index contributed by atoms with van der Waals surface area (Å²) < 4.78 is 4.79. The van der Waals surface area contributed by atoms with Crippen LogP contribution in [0.3, 0.4) is 0 Å². The number of nitrogens with one attached hydrogen (secondary N) is 2. The second kappa shape index (κ2) is 5.78. The normalized spacial score (nSPS) is 8.67. The highest BCUT2D eigenvalue weighted by Crippen LogP contribution is 1.65. The molecular weight excluding hydrogens is 136 g/mol. The van der Waals surface area contributed by atoms with E-state index in [1.807, 2.05) is 0 Å². The molecule has 0 radical (unpaired) electrons. The van der Waals surface area contributed by atoms with Crippen LogP contribution in [0.1, 0.15) is 0 Å². The molecule has 0 aromatic carbocycles. The molecule has 0 heterocycles. The molecule has 0 bridgehead atoms. The standard InChI is InChI=1S/C5H12N2OS/c1-6-5(9)7-3-4-8-2/h3-4H2,1-2H3,(H2,6,7,9). The van der Waals surface area contributed by atoms with Gasteiger partial charge in [-0.3, -0.25) is 0 Å². The Hall–Kier alpha value is -0.350. The fourth-order valence-corrected chi connectivity index (χ4v) is 0.457. The highest BCUT2D eigenvalue weighted by Gasteiger charge is 1.86. The average molecular weight is 148 g/mol. The summed E-state index contributed by atoms with van der Waals surface area (Å²) in [6.45, 7) is 1.44. The predicted octanol–water partition coefficient (Wildman–Crippen LogP) is -0.273. The molecule has 54 valence electrons. The molecular formula is C5H12N2OS. The molecule has 0 rings (SSSR count). The van der Waals surface area contributed by atoms with Crippen molar-refractivity contribution in [1.82, 2.24) is 10.6 Å². The van der Waals surface area contributed by atoms with Crippen molar-refractivity contribution >= 4 is 17.3 Å². The molecule has 2 N–H and O–H groups in total. The van der Waals surface area contributed by atoms with E-state index in [1.54, 1.807) is 14.2 Å². The van der Waals surface area contributed by atoms with Crippen molar-refractivity contribution in [2.24, 2.45) is 0 Å². The summed E-state index contributed by atoms with van der Waals surface area (Å²) in [5.41, 5.74) is 0. The van der Waals surface area contributed by atoms with E-state index in [0.717, 1.165) is 6.54 Å². The Morgan fingerprint density at radius 3 is 2.78 bits per heavy atom. The highest BCUT2D eigenvalue weighted by atomic mass is 32.1. The van der Waals surface area contributed by atoms with Gasteiger partial charge in [0.25, 0.3) is 0 Å². The van der Waals surface area contributed by atoms with Crippen LogP contribution in [0.4, 0.5) is 0 Å². The average Bonchev–Trinajstić information content (AvgIpc) is 1.89. The largest absolute Gasteiger partial charge is 0.383 e. The minimum atomic E-state index is 0.659. The van der Waals surface area contributed by atoms with Crippen LogP contribution in [0.15, 0.2) is 0 Å². The van der Waals surface area contributed by atoms with Crippen molar-refractivity contribution in [2.45, 2.75) is 0 Å². The van der Waals surface area contributed by atoms with E-state index < -0.39 is 0 Å². The second-order valence-electron chi connectivity index (χ2n) is 1.50. The first-order valence-electron chi connectivity index (χ1n) is 2.75. The Bertz CT molecular complexity index is 87.0. The maximum absolute atomic E-state index is 4.79. The van der Waals surface area contributed by atoms with Gasteiger partial charge in [-0.05, 0) is 12.2 Å². The lowest BCUT2D eigenvalue weighted by Gasteiger charge is -2.04. The van der Waals surface area contributed by atoms with Crippen LogP contribution in [-0.2, 0) is 4.74 Å². The van der Waals surface area contributed by atoms with Gasteiger partial charge in [-0.2, -0.15) is 0 Å². The molecule has 0 unspecified atom stereocenters. The van der Waals surface area contributed by atoms with Gasteiger partial charge in [-0.15, -0.1) is 0 Å². The Kier molecular flexibility index (Phi) is 5.56. The van der Waals surface area contributed by atoms with Crippen LogP contribution in [0, 0.1) is 0 Å². The third kappa shape index (κ3) is 5.52. The van der Waals surface area contributed by atoms with E-state index in [9.17, 15) is 0 Å². The molecule has 0 atom stereocenters. The summed E-state index contributed by atoms with van der Waals surface area (Å²) in [5.74, 6) is 0. The van der Waals surface area contributed by atoms with Crippen LogP contribution >= 0.6 is 12.2 Å². The van der Waals surface area contributed by atoms with Crippen LogP contribution in [0.2, 0.25) is 0 Å².